The number of hydrogen-bond acceptors (Lipinski definition) is 13. The molecule has 0 radical (unpaired) electrons. The highest BCUT2D eigenvalue weighted by Crippen LogP contribution is 2.31. The molecule has 0 spiro atoms. The predicted molar refractivity (Wildman–Crippen MR) is 375 cm³/mol. The number of nitrogens with zero attached hydrogens (tertiary/aromatic N) is 12. The maximum absolute atomic E-state index is 14.6. The number of halogens is 9. The second kappa shape index (κ2) is 39.7. The number of pyridine rings is 3. The molecule has 3 atom stereocenters. The van der Waals surface area contributed by atoms with Gasteiger partial charge in [-0.2, -0.15) is 13.2 Å². The van der Waals surface area contributed by atoms with Crippen molar-refractivity contribution in [3.63, 3.8) is 0 Å². The topological polar surface area (TPSA) is 203 Å². The van der Waals surface area contributed by atoms with Crippen LogP contribution in [-0.4, -0.2) is 122 Å². The van der Waals surface area contributed by atoms with Gasteiger partial charge in [-0.05, 0) is 203 Å². The number of alkyl halides is 3. The second-order valence-corrected chi connectivity index (χ2v) is 23.0. The minimum absolute atomic E-state index is 0. The molecule has 3 aromatic carbocycles. The van der Waals surface area contributed by atoms with E-state index in [1.54, 1.807) is 63.4 Å². The Morgan fingerprint density at radius 3 is 1.09 bits per heavy atom. The highest BCUT2D eigenvalue weighted by molar-refractivity contribution is 14.1. The number of carbonyl (C=O) groups is 3. The van der Waals surface area contributed by atoms with Gasteiger partial charge < -0.3 is 27.9 Å². The summed E-state index contributed by atoms with van der Waals surface area (Å²) in [5.41, 5.74) is 7.30. The zero-order valence-corrected chi connectivity index (χ0v) is 56.6. The molecular weight excluding hydrogens is 1460 g/mol. The van der Waals surface area contributed by atoms with Gasteiger partial charge in [-0.3, -0.25) is 24.4 Å². The SMILES string of the molecule is C.C.CCN(C(=O)c1cccc(F)c1-c1ncccn1)[C@@H](C)CCc1ccc(C(F)(F)F)cn1.CCN(C(=O)c1cccc(F)c1-c1ncccn1)[C@@H](C)CCc1ccc(I)cn1.CCN(C(=O)c1cccc(F)c1-c1ncccn1)[C@@H](C)CN.Clc1ccc(I)cn1.[CH3-]. The molecule has 0 aliphatic rings. The molecule has 25 heteroatoms. The molecule has 0 fully saturated rings. The summed E-state index contributed by atoms with van der Waals surface area (Å²) in [7, 11) is 0. The van der Waals surface area contributed by atoms with Crippen molar-refractivity contribution in [1.82, 2.24) is 59.6 Å². The first-order chi connectivity index (χ1) is 43.6. The first-order valence-electron chi connectivity index (χ1n) is 28.8. The summed E-state index contributed by atoms with van der Waals surface area (Å²) in [5, 5.41) is 0.547. The van der Waals surface area contributed by atoms with Crippen LogP contribution >= 0.6 is 56.8 Å². The zero-order valence-electron chi connectivity index (χ0n) is 51.5. The van der Waals surface area contributed by atoms with E-state index in [1.165, 1.54) is 79.6 Å². The van der Waals surface area contributed by atoms with Crippen LogP contribution in [0.1, 0.15) is 117 Å². The van der Waals surface area contributed by atoms with Crippen molar-refractivity contribution in [3.8, 4) is 34.2 Å². The zero-order chi connectivity index (χ0) is 66.2. The molecule has 3 amide bonds. The normalized spacial score (nSPS) is 11.5. The van der Waals surface area contributed by atoms with Crippen LogP contribution in [0.4, 0.5) is 26.3 Å². The van der Waals surface area contributed by atoms with E-state index in [0.29, 0.717) is 49.9 Å². The highest BCUT2D eigenvalue weighted by Gasteiger charge is 2.32. The van der Waals surface area contributed by atoms with Crippen molar-refractivity contribution >= 4 is 74.5 Å². The van der Waals surface area contributed by atoms with E-state index in [9.17, 15) is 40.7 Å². The Morgan fingerprint density at radius 1 is 0.479 bits per heavy atom. The lowest BCUT2D eigenvalue weighted by Crippen LogP contribution is -2.42. The predicted octanol–water partition coefficient (Wildman–Crippen LogP) is 16.1. The van der Waals surface area contributed by atoms with E-state index in [1.807, 2.05) is 65.9 Å². The van der Waals surface area contributed by atoms with Gasteiger partial charge in [0.05, 0.1) is 38.9 Å². The third-order valence-electron chi connectivity index (χ3n) is 14.1. The Balaban J connectivity index is 0.000000345. The second-order valence-electron chi connectivity index (χ2n) is 20.1. The lowest BCUT2D eigenvalue weighted by Gasteiger charge is -2.29. The molecule has 0 bridgehead atoms. The molecule has 9 aromatic rings. The van der Waals surface area contributed by atoms with Crippen LogP contribution < -0.4 is 5.73 Å². The number of benzene rings is 3. The quantitative estimate of drug-likeness (QED) is 0.0347. The minimum Gasteiger partial charge on any atom is -0.358 e. The van der Waals surface area contributed by atoms with Gasteiger partial charge in [-0.15, -0.1) is 0 Å². The molecule has 16 nitrogen and oxygen atoms in total. The number of aromatic nitrogens is 9. The summed E-state index contributed by atoms with van der Waals surface area (Å²) in [5.74, 6) is -1.97. The van der Waals surface area contributed by atoms with Gasteiger partial charge >= 0.3 is 6.18 Å². The molecular formula is C69H77ClF6I2N13O3-. The van der Waals surface area contributed by atoms with Gasteiger partial charge in [0.15, 0.2) is 17.5 Å². The Morgan fingerprint density at radius 2 is 0.809 bits per heavy atom. The molecule has 9 rings (SSSR count). The number of likely N-dealkylation sites (N-methyl/N-ethyl adjacent to an activating group) is 1. The number of nitrogens with two attached hydrogens (primary N) is 1. The van der Waals surface area contributed by atoms with E-state index in [2.05, 4.69) is 90.0 Å². The van der Waals surface area contributed by atoms with E-state index >= 15 is 0 Å². The minimum atomic E-state index is -4.44. The smallest absolute Gasteiger partial charge is 0.358 e. The molecule has 2 N–H and O–H groups in total. The Kier molecular flexibility index (Phi) is 33.9. The van der Waals surface area contributed by atoms with Crippen molar-refractivity contribution in [3.05, 3.63) is 236 Å². The highest BCUT2D eigenvalue weighted by atomic mass is 127. The number of aryl methyl sites for hydroxylation is 2. The van der Waals surface area contributed by atoms with Crippen LogP contribution in [0.3, 0.4) is 0 Å². The average molecular weight is 1540 g/mol. The Bertz CT molecular complexity index is 3750. The van der Waals surface area contributed by atoms with Crippen molar-refractivity contribution in [2.75, 3.05) is 26.2 Å². The summed E-state index contributed by atoms with van der Waals surface area (Å²) in [4.78, 5) is 81.0. The Labute approximate surface area is 579 Å². The molecule has 0 saturated carbocycles. The van der Waals surface area contributed by atoms with E-state index in [4.69, 9.17) is 17.3 Å². The van der Waals surface area contributed by atoms with Gasteiger partial charge in [0.1, 0.15) is 22.6 Å². The fraction of sp³-hybridized carbons (Fsp3) is 0.290. The standard InChI is InChI=1S/C23H22F4N4O.C22H22FIN4O.C16H19FN4O.C5H3ClIN.2CH4.CH3/c1-3-31(15(2)8-10-17-11-9-16(14-30-17)23(25,26)27)22(32)18-6-4-7-19(24)20(18)21-28-12-5-13-29-21;1-3-28(15(2)8-10-17-11-9-16(24)14-27-17)22(29)18-6-4-7-19(23)20(18)21-25-12-5-13-26-21;1-3-21(11(2)10-18)16(22)12-6-4-7-13(17)14(12)15-19-8-5-9-20-15;6-5-2-1-4(7)3-8-5;;;/h4-7,9,11-15H,3,8,10H2,1-2H3;4-7,9,11-15H,3,8,10H2,1-2H3;4-9,11H,3,10,18H2,1-2H3;1-3H;2*1H4;1H3/q;;;;;;-1/t2*15-;11-;;;;/m000..../s1. The maximum atomic E-state index is 14.6. The van der Waals surface area contributed by atoms with Gasteiger partial charge in [-0.25, -0.2) is 48.1 Å². The molecule has 0 aliphatic heterocycles. The van der Waals surface area contributed by atoms with Gasteiger partial charge in [-0.1, -0.05) is 44.7 Å². The lowest BCUT2D eigenvalue weighted by atomic mass is 10.0. The first-order valence-corrected chi connectivity index (χ1v) is 31.4. The molecule has 94 heavy (non-hydrogen) atoms. The van der Waals surface area contributed by atoms with Crippen LogP contribution in [0.15, 0.2) is 165 Å². The summed E-state index contributed by atoms with van der Waals surface area (Å²) >= 11 is 9.90. The third-order valence-corrected chi connectivity index (χ3v) is 15.6. The number of carbonyl (C=O) groups excluding carboxylic acids is 3. The molecule has 0 unspecified atom stereocenters. The molecule has 500 valence electrons. The van der Waals surface area contributed by atoms with E-state index in [0.717, 1.165) is 37.9 Å². The van der Waals surface area contributed by atoms with Crippen LogP contribution in [0.5, 0.6) is 0 Å². The van der Waals surface area contributed by atoms with Crippen LogP contribution in [0, 0.1) is 32.0 Å². The van der Waals surface area contributed by atoms with Crippen molar-refractivity contribution < 1.29 is 40.7 Å². The van der Waals surface area contributed by atoms with Gasteiger partial charge in [0.25, 0.3) is 17.7 Å². The summed E-state index contributed by atoms with van der Waals surface area (Å²) in [6, 6.07) is 27.6. The maximum Gasteiger partial charge on any atom is 0.417 e. The lowest BCUT2D eigenvalue weighted by molar-refractivity contribution is -0.137. The fourth-order valence-corrected chi connectivity index (χ4v) is 10.1. The van der Waals surface area contributed by atoms with E-state index in [-0.39, 0.29) is 109 Å². The van der Waals surface area contributed by atoms with E-state index < -0.39 is 29.2 Å². The summed E-state index contributed by atoms with van der Waals surface area (Å²) < 4.78 is 83.8. The molecule has 0 aliphatic carbocycles. The van der Waals surface area contributed by atoms with Crippen LogP contribution in [0.25, 0.3) is 34.2 Å². The summed E-state index contributed by atoms with van der Waals surface area (Å²) in [6.07, 6.45) is 11.4. The van der Waals surface area contributed by atoms with Crippen molar-refractivity contribution in [1.29, 1.82) is 0 Å². The number of amides is 3. The average Bonchev–Trinajstić information content (AvgIpc) is 0.821. The third kappa shape index (κ3) is 22.6. The summed E-state index contributed by atoms with van der Waals surface area (Å²) in [6.45, 7) is 13.0. The number of rotatable bonds is 19. The number of hydrogen-bond donors (Lipinski definition) is 1. The van der Waals surface area contributed by atoms with Crippen LogP contribution in [-0.2, 0) is 19.0 Å². The first kappa shape index (κ1) is 80.3. The van der Waals surface area contributed by atoms with Crippen molar-refractivity contribution in [2.24, 2.45) is 5.73 Å². The van der Waals surface area contributed by atoms with Crippen LogP contribution in [0.2, 0.25) is 5.15 Å². The van der Waals surface area contributed by atoms with Crippen molar-refractivity contribution in [2.45, 2.75) is 106 Å². The fourth-order valence-electron chi connectivity index (χ4n) is 9.31. The largest absolute Gasteiger partial charge is 0.417 e. The Hall–Kier alpha value is -7.95. The molecule has 6 heterocycles. The van der Waals surface area contributed by atoms with Gasteiger partial charge in [0.2, 0.25) is 0 Å². The monoisotopic (exact) mass is 1540 g/mol. The molecule has 6 aromatic heterocycles. The van der Waals surface area contributed by atoms with Gasteiger partial charge in [0, 0.05) is 119 Å². The molecule has 0 saturated heterocycles.